The molecule has 0 N–H and O–H groups in total. The Morgan fingerprint density at radius 3 is 2.00 bits per heavy atom. The first-order valence-corrected chi connectivity index (χ1v) is 12.9. The number of halogens is 1. The van der Waals surface area contributed by atoms with Crippen molar-refractivity contribution in [1.29, 1.82) is 0 Å². The zero-order chi connectivity index (χ0) is 25.3. The molecule has 1 aromatic rings. The number of carbonyl (C=O) groups is 1. The van der Waals surface area contributed by atoms with Crippen LogP contribution < -0.4 is 0 Å². The molecule has 1 rings (SSSR count). The van der Waals surface area contributed by atoms with Crippen molar-refractivity contribution in [3.63, 3.8) is 0 Å². The van der Waals surface area contributed by atoms with E-state index in [0.717, 1.165) is 38.5 Å². The lowest BCUT2D eigenvalue weighted by atomic mass is 10.0. The third-order valence-corrected chi connectivity index (χ3v) is 6.29. The monoisotopic (exact) mass is 488 g/mol. The molecular weight excluding hydrogens is 447 g/mol. The molecule has 0 unspecified atom stereocenters. The molecule has 0 saturated heterocycles. The van der Waals surface area contributed by atoms with Gasteiger partial charge in [0.25, 0.3) is 0 Å². The third-order valence-electron chi connectivity index (χ3n) is 5.29. The number of esters is 1. The average molecular weight is 489 g/mol. The van der Waals surface area contributed by atoms with Gasteiger partial charge >= 0.3 is 5.97 Å². The average Bonchev–Trinajstić information content (AvgIpc) is 2.78. The van der Waals surface area contributed by atoms with Gasteiger partial charge in [0, 0.05) is 17.8 Å². The molecule has 0 aliphatic rings. The molecular formula is C29H41FO3S. The van der Waals surface area contributed by atoms with Crippen LogP contribution in [0.2, 0.25) is 0 Å². The molecule has 0 atom stereocenters. The molecule has 3 nitrogen and oxygen atoms in total. The molecule has 5 heteroatoms. The minimum Gasteiger partial charge on any atom is -0.435 e. The van der Waals surface area contributed by atoms with Crippen molar-refractivity contribution in [3.8, 4) is 0 Å². The predicted molar refractivity (Wildman–Crippen MR) is 143 cm³/mol. The van der Waals surface area contributed by atoms with Gasteiger partial charge in [-0.1, -0.05) is 46.6 Å². The molecule has 1 aromatic carbocycles. The highest BCUT2D eigenvalue weighted by Gasteiger charge is 2.14. The van der Waals surface area contributed by atoms with Crippen molar-refractivity contribution in [1.82, 2.24) is 0 Å². The Morgan fingerprint density at radius 2 is 1.44 bits per heavy atom. The van der Waals surface area contributed by atoms with Gasteiger partial charge in [-0.05, 0) is 91.3 Å². The molecule has 0 saturated carbocycles. The highest BCUT2D eigenvalue weighted by atomic mass is 32.2. The number of allylic oxidation sites excluding steroid dienone is 7. The number of carbonyl (C=O) groups excluding carboxylic acids is 1. The Balaban J connectivity index is 2.45. The molecule has 0 aromatic heterocycles. The van der Waals surface area contributed by atoms with Crippen LogP contribution in [0.1, 0.15) is 83.5 Å². The second-order valence-corrected chi connectivity index (χ2v) is 9.90. The number of hydrogen-bond acceptors (Lipinski definition) is 4. The van der Waals surface area contributed by atoms with Crippen molar-refractivity contribution in [2.45, 2.75) is 78.0 Å². The van der Waals surface area contributed by atoms with Crippen LogP contribution in [-0.4, -0.2) is 25.6 Å². The molecule has 188 valence electrons. The number of hydrogen-bond donors (Lipinski definition) is 0. The molecule has 34 heavy (non-hydrogen) atoms. The number of methoxy groups -OCH3 is 1. The maximum absolute atomic E-state index is 13.6. The molecule has 0 aliphatic heterocycles. The van der Waals surface area contributed by atoms with Crippen LogP contribution in [0.25, 0.3) is 0 Å². The zero-order valence-electron chi connectivity index (χ0n) is 21.7. The van der Waals surface area contributed by atoms with Crippen molar-refractivity contribution in [2.75, 3.05) is 19.7 Å². The summed E-state index contributed by atoms with van der Waals surface area (Å²) in [5, 5.41) is 0. The van der Waals surface area contributed by atoms with E-state index in [0.29, 0.717) is 10.6 Å². The second kappa shape index (κ2) is 17.3. The minimum absolute atomic E-state index is 0.155. The fourth-order valence-electron chi connectivity index (χ4n) is 3.24. The van der Waals surface area contributed by atoms with E-state index in [4.69, 9.17) is 9.47 Å². The lowest BCUT2D eigenvalue weighted by molar-refractivity contribution is -0.0128. The Morgan fingerprint density at radius 1 is 0.882 bits per heavy atom. The highest BCUT2D eigenvalue weighted by molar-refractivity contribution is 7.99. The SMILES string of the molecule is COCOC(=O)c1cc(F)ccc1SC/C=C(\C)CC/C=C(\C)CC/C=C(\C)CCC=C(C)C. The first-order valence-electron chi connectivity index (χ1n) is 11.9. The summed E-state index contributed by atoms with van der Waals surface area (Å²) in [4.78, 5) is 12.9. The first kappa shape index (κ1) is 29.9. The topological polar surface area (TPSA) is 35.5 Å². The van der Waals surface area contributed by atoms with Gasteiger partial charge in [-0.25, -0.2) is 9.18 Å². The molecule has 0 spiro atoms. The van der Waals surface area contributed by atoms with E-state index < -0.39 is 11.8 Å². The zero-order valence-corrected chi connectivity index (χ0v) is 22.5. The molecule has 0 heterocycles. The first-order chi connectivity index (χ1) is 16.2. The van der Waals surface area contributed by atoms with Crippen LogP contribution in [0.15, 0.2) is 69.7 Å². The standard InChI is InChI=1S/C29H41FO3S/c1-22(2)10-7-11-23(3)12-8-13-24(4)14-9-15-25(5)18-19-34-28-17-16-26(30)20-27(28)29(31)33-21-32-6/h10,12,14,16-18,20H,7-9,11,13,15,19,21H2,1-6H3/b23-12+,24-14+,25-18+. The number of thioether (sulfide) groups is 1. The normalized spacial score (nSPS) is 12.6. The summed E-state index contributed by atoms with van der Waals surface area (Å²) >= 11 is 1.50. The van der Waals surface area contributed by atoms with Crippen LogP contribution in [0.4, 0.5) is 4.39 Å². The van der Waals surface area contributed by atoms with Crippen LogP contribution in [-0.2, 0) is 9.47 Å². The summed E-state index contributed by atoms with van der Waals surface area (Å²) in [5.74, 6) is -0.332. The second-order valence-electron chi connectivity index (χ2n) is 8.84. The highest BCUT2D eigenvalue weighted by Crippen LogP contribution is 2.25. The van der Waals surface area contributed by atoms with Gasteiger partial charge in [-0.15, -0.1) is 11.8 Å². The van der Waals surface area contributed by atoms with Gasteiger partial charge in [0.15, 0.2) is 6.79 Å². The maximum atomic E-state index is 13.6. The van der Waals surface area contributed by atoms with Gasteiger partial charge in [0.1, 0.15) is 5.82 Å². The maximum Gasteiger partial charge on any atom is 0.341 e. The molecule has 0 radical (unpaired) electrons. The van der Waals surface area contributed by atoms with Gasteiger partial charge < -0.3 is 9.47 Å². The van der Waals surface area contributed by atoms with Crippen molar-refractivity contribution in [3.05, 3.63) is 76.2 Å². The van der Waals surface area contributed by atoms with E-state index in [1.165, 1.54) is 53.3 Å². The Bertz CT molecular complexity index is 893. The lowest BCUT2D eigenvalue weighted by Crippen LogP contribution is -2.09. The van der Waals surface area contributed by atoms with Crippen LogP contribution in [0.3, 0.4) is 0 Å². The molecule has 0 bridgehead atoms. The van der Waals surface area contributed by atoms with Crippen LogP contribution >= 0.6 is 11.8 Å². The molecule has 0 amide bonds. The summed E-state index contributed by atoms with van der Waals surface area (Å²) < 4.78 is 23.3. The third kappa shape index (κ3) is 13.6. The predicted octanol–water partition coefficient (Wildman–Crippen LogP) is 8.82. The van der Waals surface area contributed by atoms with Crippen molar-refractivity contribution >= 4 is 17.7 Å². The Hall–Kier alpha value is -2.11. The van der Waals surface area contributed by atoms with E-state index in [1.54, 1.807) is 6.07 Å². The van der Waals surface area contributed by atoms with Gasteiger partial charge in [0.05, 0.1) is 5.56 Å². The van der Waals surface area contributed by atoms with Crippen molar-refractivity contribution < 1.29 is 18.7 Å². The fraction of sp³-hybridized carbons (Fsp3) is 0.483. The summed E-state index contributed by atoms with van der Waals surface area (Å²) in [6.07, 6.45) is 15.7. The summed E-state index contributed by atoms with van der Waals surface area (Å²) in [5.41, 5.74) is 5.82. The van der Waals surface area contributed by atoms with E-state index >= 15 is 0 Å². The van der Waals surface area contributed by atoms with E-state index in [1.807, 2.05) is 0 Å². The van der Waals surface area contributed by atoms with Crippen LogP contribution in [0, 0.1) is 5.82 Å². The number of rotatable bonds is 15. The number of ether oxygens (including phenoxy) is 2. The largest absolute Gasteiger partial charge is 0.435 e. The summed E-state index contributed by atoms with van der Waals surface area (Å²) in [6.45, 7) is 10.7. The fourth-order valence-corrected chi connectivity index (χ4v) is 4.25. The van der Waals surface area contributed by atoms with Gasteiger partial charge in [-0.2, -0.15) is 0 Å². The smallest absolute Gasteiger partial charge is 0.341 e. The lowest BCUT2D eigenvalue weighted by Gasteiger charge is -2.08. The van der Waals surface area contributed by atoms with Crippen molar-refractivity contribution in [2.24, 2.45) is 0 Å². The molecule has 0 fully saturated rings. The summed E-state index contributed by atoms with van der Waals surface area (Å²) in [6, 6.07) is 4.19. The quantitative estimate of drug-likeness (QED) is 0.107. The summed E-state index contributed by atoms with van der Waals surface area (Å²) in [7, 11) is 1.44. The van der Waals surface area contributed by atoms with E-state index in [-0.39, 0.29) is 12.4 Å². The Labute approximate surface area is 210 Å². The number of benzene rings is 1. The van der Waals surface area contributed by atoms with Crippen LogP contribution in [0.5, 0.6) is 0 Å². The van der Waals surface area contributed by atoms with Gasteiger partial charge in [0.2, 0.25) is 0 Å². The Kier molecular flexibility index (Phi) is 15.3. The minimum atomic E-state index is -0.580. The van der Waals surface area contributed by atoms with E-state index in [2.05, 4.69) is 58.9 Å². The van der Waals surface area contributed by atoms with E-state index in [9.17, 15) is 9.18 Å². The van der Waals surface area contributed by atoms with Gasteiger partial charge in [-0.3, -0.25) is 0 Å². The molecule has 0 aliphatic carbocycles.